The lowest BCUT2D eigenvalue weighted by Crippen LogP contribution is -2.41. The Morgan fingerprint density at radius 2 is 1.93 bits per heavy atom. The summed E-state index contributed by atoms with van der Waals surface area (Å²) in [5, 5.41) is 0. The van der Waals surface area contributed by atoms with Crippen LogP contribution < -0.4 is 0 Å². The number of hydrogen-bond donors (Lipinski definition) is 0. The number of carbonyl (C=O) groups is 1. The van der Waals surface area contributed by atoms with Gasteiger partial charge in [0.15, 0.2) is 0 Å². The maximum Gasteiger partial charge on any atom is 0.323 e. The molecule has 0 heterocycles. The topological polar surface area (TPSA) is 38.8 Å². The van der Waals surface area contributed by atoms with Gasteiger partial charge in [-0.2, -0.15) is 0 Å². The summed E-state index contributed by atoms with van der Waals surface area (Å²) in [6.07, 6.45) is 0. The van der Waals surface area contributed by atoms with E-state index in [-0.39, 0.29) is 12.0 Å². The second-order valence-electron chi connectivity index (χ2n) is 3.25. The molecule has 90 valence electrons. The highest BCUT2D eigenvalue weighted by Gasteiger charge is 2.20. The first-order valence-electron chi connectivity index (χ1n) is 5.65. The van der Waals surface area contributed by atoms with E-state index >= 15 is 0 Å². The van der Waals surface area contributed by atoms with Crippen molar-refractivity contribution >= 4 is 5.97 Å². The standard InChI is InChI=1S/C11H23NO3/c1-5-12(8-9-14-6-2)10(4)11(13)15-7-3/h10H,5-9H2,1-4H3. The van der Waals surface area contributed by atoms with Crippen molar-refractivity contribution in [2.45, 2.75) is 33.7 Å². The molecule has 0 aliphatic heterocycles. The van der Waals surface area contributed by atoms with Crippen LogP contribution in [0.5, 0.6) is 0 Å². The van der Waals surface area contributed by atoms with Crippen molar-refractivity contribution in [3.05, 3.63) is 0 Å². The zero-order chi connectivity index (χ0) is 11.7. The lowest BCUT2D eigenvalue weighted by atomic mass is 10.3. The van der Waals surface area contributed by atoms with Crippen LogP contribution >= 0.6 is 0 Å². The van der Waals surface area contributed by atoms with E-state index in [4.69, 9.17) is 9.47 Å². The van der Waals surface area contributed by atoms with Gasteiger partial charge in [0.2, 0.25) is 0 Å². The number of hydrogen-bond acceptors (Lipinski definition) is 4. The van der Waals surface area contributed by atoms with Crippen LogP contribution in [-0.4, -0.2) is 49.8 Å². The zero-order valence-corrected chi connectivity index (χ0v) is 10.3. The van der Waals surface area contributed by atoms with Gasteiger partial charge in [0, 0.05) is 13.2 Å². The molecule has 0 bridgehead atoms. The normalized spacial score (nSPS) is 12.9. The van der Waals surface area contributed by atoms with Crippen molar-refractivity contribution in [2.24, 2.45) is 0 Å². The molecule has 0 aromatic rings. The first-order chi connectivity index (χ1) is 7.17. The van der Waals surface area contributed by atoms with E-state index in [0.717, 1.165) is 13.1 Å². The van der Waals surface area contributed by atoms with Crippen LogP contribution in [0.3, 0.4) is 0 Å². The third-order valence-electron chi connectivity index (χ3n) is 2.31. The molecular formula is C11H23NO3. The minimum absolute atomic E-state index is 0.157. The largest absolute Gasteiger partial charge is 0.465 e. The Morgan fingerprint density at radius 3 is 2.40 bits per heavy atom. The van der Waals surface area contributed by atoms with Crippen LogP contribution in [0.2, 0.25) is 0 Å². The molecule has 0 radical (unpaired) electrons. The predicted molar refractivity (Wildman–Crippen MR) is 59.8 cm³/mol. The lowest BCUT2D eigenvalue weighted by Gasteiger charge is -2.25. The Kier molecular flexibility index (Phi) is 8.33. The number of likely N-dealkylation sites (N-methyl/N-ethyl adjacent to an activating group) is 1. The first-order valence-corrected chi connectivity index (χ1v) is 5.65. The van der Waals surface area contributed by atoms with Crippen LogP contribution in [0.1, 0.15) is 27.7 Å². The van der Waals surface area contributed by atoms with Crippen LogP contribution in [0.15, 0.2) is 0 Å². The van der Waals surface area contributed by atoms with E-state index < -0.39 is 0 Å². The van der Waals surface area contributed by atoms with E-state index in [0.29, 0.717) is 19.8 Å². The van der Waals surface area contributed by atoms with Gasteiger partial charge in [-0.05, 0) is 27.3 Å². The smallest absolute Gasteiger partial charge is 0.323 e. The second-order valence-corrected chi connectivity index (χ2v) is 3.25. The third-order valence-corrected chi connectivity index (χ3v) is 2.31. The molecule has 0 aliphatic carbocycles. The average Bonchev–Trinajstić information content (AvgIpc) is 2.24. The van der Waals surface area contributed by atoms with Crippen LogP contribution in [0.4, 0.5) is 0 Å². The number of esters is 1. The highest BCUT2D eigenvalue weighted by molar-refractivity contribution is 5.75. The van der Waals surface area contributed by atoms with Gasteiger partial charge in [0.1, 0.15) is 6.04 Å². The molecule has 4 heteroatoms. The van der Waals surface area contributed by atoms with Crippen LogP contribution in [0.25, 0.3) is 0 Å². The monoisotopic (exact) mass is 217 g/mol. The van der Waals surface area contributed by atoms with Gasteiger partial charge >= 0.3 is 5.97 Å². The van der Waals surface area contributed by atoms with Crippen LogP contribution in [-0.2, 0) is 14.3 Å². The van der Waals surface area contributed by atoms with Crippen molar-refractivity contribution in [3.8, 4) is 0 Å². The summed E-state index contributed by atoms with van der Waals surface area (Å²) in [6.45, 7) is 11.1. The maximum absolute atomic E-state index is 11.5. The summed E-state index contributed by atoms with van der Waals surface area (Å²) >= 11 is 0. The maximum atomic E-state index is 11.5. The molecule has 4 nitrogen and oxygen atoms in total. The van der Waals surface area contributed by atoms with E-state index in [2.05, 4.69) is 0 Å². The van der Waals surface area contributed by atoms with Crippen molar-refractivity contribution < 1.29 is 14.3 Å². The number of ether oxygens (including phenoxy) is 2. The van der Waals surface area contributed by atoms with Crippen LogP contribution in [0, 0.1) is 0 Å². The van der Waals surface area contributed by atoms with Crippen molar-refractivity contribution in [2.75, 3.05) is 32.9 Å². The molecule has 0 aromatic carbocycles. The fraction of sp³-hybridized carbons (Fsp3) is 0.909. The molecule has 0 amide bonds. The fourth-order valence-corrected chi connectivity index (χ4v) is 1.36. The molecule has 0 fully saturated rings. The van der Waals surface area contributed by atoms with Gasteiger partial charge in [-0.25, -0.2) is 0 Å². The Labute approximate surface area is 92.5 Å². The number of nitrogens with zero attached hydrogens (tertiary/aromatic N) is 1. The SMILES string of the molecule is CCOCCN(CC)C(C)C(=O)OCC. The lowest BCUT2D eigenvalue weighted by molar-refractivity contribution is -0.149. The molecule has 0 N–H and O–H groups in total. The Hall–Kier alpha value is -0.610. The van der Waals surface area contributed by atoms with Gasteiger partial charge in [0.25, 0.3) is 0 Å². The van der Waals surface area contributed by atoms with E-state index in [1.165, 1.54) is 0 Å². The minimum atomic E-state index is -0.185. The van der Waals surface area contributed by atoms with Gasteiger partial charge in [-0.3, -0.25) is 9.69 Å². The highest BCUT2D eigenvalue weighted by atomic mass is 16.5. The quantitative estimate of drug-likeness (QED) is 0.454. The van der Waals surface area contributed by atoms with E-state index in [1.807, 2.05) is 32.6 Å². The van der Waals surface area contributed by atoms with Crippen molar-refractivity contribution in [1.29, 1.82) is 0 Å². The zero-order valence-electron chi connectivity index (χ0n) is 10.3. The summed E-state index contributed by atoms with van der Waals surface area (Å²) in [5.41, 5.74) is 0. The van der Waals surface area contributed by atoms with E-state index in [1.54, 1.807) is 0 Å². The number of rotatable bonds is 8. The van der Waals surface area contributed by atoms with Gasteiger partial charge in [-0.15, -0.1) is 0 Å². The predicted octanol–water partition coefficient (Wildman–Crippen LogP) is 1.30. The third kappa shape index (κ3) is 5.74. The molecule has 1 unspecified atom stereocenters. The molecule has 0 aromatic heterocycles. The van der Waals surface area contributed by atoms with E-state index in [9.17, 15) is 4.79 Å². The molecule has 15 heavy (non-hydrogen) atoms. The second kappa shape index (κ2) is 8.68. The highest BCUT2D eigenvalue weighted by Crippen LogP contribution is 2.01. The summed E-state index contributed by atoms with van der Waals surface area (Å²) in [4.78, 5) is 13.5. The molecule has 0 saturated carbocycles. The Balaban J connectivity index is 3.97. The van der Waals surface area contributed by atoms with Gasteiger partial charge < -0.3 is 9.47 Å². The Bertz CT molecular complexity index is 173. The summed E-state index contributed by atoms with van der Waals surface area (Å²) in [5.74, 6) is -0.157. The molecular weight excluding hydrogens is 194 g/mol. The molecule has 1 atom stereocenters. The van der Waals surface area contributed by atoms with Gasteiger partial charge in [0.05, 0.1) is 13.2 Å². The summed E-state index contributed by atoms with van der Waals surface area (Å²) < 4.78 is 10.2. The van der Waals surface area contributed by atoms with Crippen molar-refractivity contribution in [1.82, 2.24) is 4.90 Å². The minimum Gasteiger partial charge on any atom is -0.465 e. The first kappa shape index (κ1) is 14.4. The summed E-state index contributed by atoms with van der Waals surface area (Å²) in [7, 11) is 0. The van der Waals surface area contributed by atoms with Crippen molar-refractivity contribution in [3.63, 3.8) is 0 Å². The Morgan fingerprint density at radius 1 is 1.27 bits per heavy atom. The molecule has 0 saturated heterocycles. The molecule has 0 spiro atoms. The average molecular weight is 217 g/mol. The number of carbonyl (C=O) groups excluding carboxylic acids is 1. The molecule has 0 aliphatic rings. The fourth-order valence-electron chi connectivity index (χ4n) is 1.36. The molecule has 0 rings (SSSR count). The summed E-state index contributed by atoms with van der Waals surface area (Å²) in [6, 6.07) is -0.185. The van der Waals surface area contributed by atoms with Gasteiger partial charge in [-0.1, -0.05) is 6.92 Å².